The summed E-state index contributed by atoms with van der Waals surface area (Å²) >= 11 is 0. The largest absolute Gasteiger partial charge is 0.483 e. The number of nitrogens with two attached hydrogens (primary N) is 1. The Bertz CT molecular complexity index is 1910. The van der Waals surface area contributed by atoms with Crippen LogP contribution in [0.2, 0.25) is 0 Å². The van der Waals surface area contributed by atoms with E-state index in [1.165, 1.54) is 6.07 Å². The van der Waals surface area contributed by atoms with Crippen molar-refractivity contribution < 1.29 is 47.3 Å². The van der Waals surface area contributed by atoms with E-state index in [4.69, 9.17) is 33.8 Å². The van der Waals surface area contributed by atoms with Gasteiger partial charge in [-0.25, -0.2) is 14.4 Å². The fourth-order valence-corrected chi connectivity index (χ4v) is 9.03. The monoisotopic (exact) mass is 665 g/mol. The highest BCUT2D eigenvalue weighted by atomic mass is 16.7. The van der Waals surface area contributed by atoms with Crippen molar-refractivity contribution in [1.82, 2.24) is 0 Å². The van der Waals surface area contributed by atoms with Crippen LogP contribution in [0.15, 0.2) is 21.3 Å². The van der Waals surface area contributed by atoms with Gasteiger partial charge in [-0.1, -0.05) is 27.7 Å². The second-order valence-electron chi connectivity index (χ2n) is 16.3. The molecule has 258 valence electrons. The molecule has 6 atom stereocenters. The van der Waals surface area contributed by atoms with Gasteiger partial charge >= 0.3 is 29.5 Å². The first-order valence-electron chi connectivity index (χ1n) is 16.5. The van der Waals surface area contributed by atoms with E-state index in [0.717, 1.165) is 0 Å². The number of hydrogen-bond donors (Lipinski definition) is 1. The number of carbonyl (C=O) groups is 4. The Labute approximate surface area is 277 Å². The van der Waals surface area contributed by atoms with Gasteiger partial charge in [-0.2, -0.15) is 0 Å². The summed E-state index contributed by atoms with van der Waals surface area (Å²) in [6, 6.07) is 3.10. The lowest BCUT2D eigenvalue weighted by molar-refractivity contribution is -0.217. The van der Waals surface area contributed by atoms with E-state index in [2.05, 4.69) is 0 Å². The molecule has 2 aromatic rings. The fraction of sp³-hybridized carbons (Fsp3) is 0.639. The van der Waals surface area contributed by atoms with Crippen molar-refractivity contribution in [3.8, 4) is 5.75 Å². The summed E-state index contributed by atoms with van der Waals surface area (Å²) in [4.78, 5) is 68.0. The molecule has 12 heteroatoms. The number of ether oxygens (including phenoxy) is 5. The first-order chi connectivity index (χ1) is 22.1. The van der Waals surface area contributed by atoms with Crippen molar-refractivity contribution in [2.24, 2.45) is 27.4 Å². The molecule has 2 saturated carbocycles. The van der Waals surface area contributed by atoms with E-state index in [1.807, 2.05) is 27.7 Å². The van der Waals surface area contributed by atoms with Gasteiger partial charge in [-0.05, 0) is 71.9 Å². The van der Waals surface area contributed by atoms with Gasteiger partial charge in [0, 0.05) is 34.4 Å². The smallest absolute Gasteiger partial charge is 0.351 e. The number of carbonyl (C=O) groups excluding carboxylic acids is 4. The van der Waals surface area contributed by atoms with Crippen molar-refractivity contribution in [3.05, 3.63) is 39.2 Å². The number of fused-ring (bicyclic) bond motifs is 7. The number of aryl methyl sites for hydroxylation is 1. The average molecular weight is 666 g/mol. The van der Waals surface area contributed by atoms with E-state index >= 15 is 0 Å². The van der Waals surface area contributed by atoms with E-state index in [9.17, 15) is 24.0 Å². The molecule has 2 N–H and O–H groups in total. The molecule has 0 radical (unpaired) electrons. The zero-order valence-electron chi connectivity index (χ0n) is 28.9. The summed E-state index contributed by atoms with van der Waals surface area (Å²) < 4.78 is 36.8. The summed E-state index contributed by atoms with van der Waals surface area (Å²) in [5.74, 6) is -2.36. The summed E-state index contributed by atoms with van der Waals surface area (Å²) in [5.41, 5.74) is -1.31. The standard InChI is InChI=1S/C36H43NO11/c1-17-14-20(38)43-23-19(17)15-18(16-37)22-21(23)24(44-28(41)35-12-10-33(8,26(39)47-35)31(35,4)5)25(30(2,3)46-22)45-29(42)36-13-11-34(9,27(40)48-36)32(36,6)7/h14-15,24-25H,10-13,16,37H2,1-9H3/t24-,25-,33+,34+,35-,36-/m1/s1. The molecular weight excluding hydrogens is 622 g/mol. The van der Waals surface area contributed by atoms with Gasteiger partial charge < -0.3 is 33.8 Å². The molecule has 0 unspecified atom stereocenters. The predicted molar refractivity (Wildman–Crippen MR) is 168 cm³/mol. The minimum Gasteiger partial charge on any atom is -0.483 e. The lowest BCUT2D eigenvalue weighted by atomic mass is 9.66. The number of rotatable bonds is 5. The van der Waals surface area contributed by atoms with Gasteiger partial charge in [0.15, 0.2) is 12.2 Å². The Morgan fingerprint density at radius 3 is 1.77 bits per heavy atom. The highest BCUT2D eigenvalue weighted by Crippen LogP contribution is 2.67. The van der Waals surface area contributed by atoms with E-state index < -0.39 is 80.2 Å². The van der Waals surface area contributed by atoms with Gasteiger partial charge in [-0.15, -0.1) is 0 Å². The Hall–Kier alpha value is -3.93. The van der Waals surface area contributed by atoms with Crippen molar-refractivity contribution in [1.29, 1.82) is 0 Å². The van der Waals surface area contributed by atoms with Gasteiger partial charge in [0.25, 0.3) is 0 Å². The molecule has 4 heterocycles. The highest BCUT2D eigenvalue weighted by Gasteiger charge is 2.78. The Morgan fingerprint density at radius 2 is 1.31 bits per heavy atom. The maximum absolute atomic E-state index is 14.6. The second kappa shape index (κ2) is 9.40. The molecular formula is C36H43NO11. The topological polar surface area (TPSA) is 171 Å². The van der Waals surface area contributed by atoms with Crippen molar-refractivity contribution in [2.75, 3.05) is 0 Å². The molecule has 48 heavy (non-hydrogen) atoms. The lowest BCUT2D eigenvalue weighted by Gasteiger charge is -2.46. The number of hydrogen-bond acceptors (Lipinski definition) is 12. The fourth-order valence-electron chi connectivity index (χ4n) is 9.03. The van der Waals surface area contributed by atoms with Crippen LogP contribution in [-0.4, -0.2) is 46.8 Å². The molecule has 1 aromatic heterocycles. The lowest BCUT2D eigenvalue weighted by Crippen LogP contribution is -2.58. The van der Waals surface area contributed by atoms with E-state index in [1.54, 1.807) is 40.7 Å². The Balaban J connectivity index is 1.41. The molecule has 7 rings (SSSR count). The van der Waals surface area contributed by atoms with Gasteiger partial charge in [0.1, 0.15) is 16.9 Å². The molecule has 0 amide bonds. The summed E-state index contributed by atoms with van der Waals surface area (Å²) in [6.07, 6.45) is -1.44. The molecule has 2 aliphatic carbocycles. The third-order valence-electron chi connectivity index (χ3n) is 13.4. The van der Waals surface area contributed by atoms with Gasteiger partial charge in [0.05, 0.1) is 16.4 Å². The molecule has 4 fully saturated rings. The van der Waals surface area contributed by atoms with Crippen molar-refractivity contribution in [2.45, 2.75) is 124 Å². The minimum atomic E-state index is -1.62. The van der Waals surface area contributed by atoms with Crippen LogP contribution in [0.5, 0.6) is 5.75 Å². The molecule has 5 aliphatic rings. The number of benzene rings is 1. The van der Waals surface area contributed by atoms with Crippen LogP contribution in [0, 0.1) is 28.6 Å². The third-order valence-corrected chi connectivity index (χ3v) is 13.4. The van der Waals surface area contributed by atoms with Crippen molar-refractivity contribution in [3.63, 3.8) is 0 Å². The SMILES string of the molecule is Cc1cc(=O)oc2c3c(c(CN)cc12)OC(C)(C)[C@H](OC(=O)[C@@]12CC[C@@](C)(C(=O)O1)C2(C)C)[C@@H]3OC(=O)[C@@]12CC[C@@](C)(C(=O)O1)C2(C)C. The van der Waals surface area contributed by atoms with Crippen LogP contribution in [0.3, 0.4) is 0 Å². The van der Waals surface area contributed by atoms with Crippen LogP contribution < -0.4 is 16.1 Å². The normalized spacial score (nSPS) is 36.3. The first kappa shape index (κ1) is 32.6. The molecule has 1 aromatic carbocycles. The quantitative estimate of drug-likeness (QED) is 0.270. The minimum absolute atomic E-state index is 0.0246. The first-order valence-corrected chi connectivity index (χ1v) is 16.5. The highest BCUT2D eigenvalue weighted by molar-refractivity contribution is 5.95. The van der Waals surface area contributed by atoms with Crippen LogP contribution in [0.4, 0.5) is 0 Å². The van der Waals surface area contributed by atoms with Gasteiger partial charge in [0.2, 0.25) is 11.2 Å². The predicted octanol–water partition coefficient (Wildman–Crippen LogP) is 4.47. The zero-order valence-corrected chi connectivity index (χ0v) is 28.9. The van der Waals surface area contributed by atoms with E-state index in [0.29, 0.717) is 29.4 Å². The zero-order chi connectivity index (χ0) is 35.2. The third kappa shape index (κ3) is 3.57. The maximum Gasteiger partial charge on any atom is 0.351 e. The van der Waals surface area contributed by atoms with Gasteiger partial charge in [-0.3, -0.25) is 9.59 Å². The molecule has 2 saturated heterocycles. The van der Waals surface area contributed by atoms with Crippen LogP contribution >= 0.6 is 0 Å². The Kier molecular flexibility index (Phi) is 6.38. The Morgan fingerprint density at radius 1 is 0.792 bits per heavy atom. The summed E-state index contributed by atoms with van der Waals surface area (Å²) in [6.45, 7) is 15.9. The van der Waals surface area contributed by atoms with Crippen LogP contribution in [0.25, 0.3) is 11.0 Å². The molecule has 0 spiro atoms. The van der Waals surface area contributed by atoms with Crippen LogP contribution in [0.1, 0.15) is 104 Å². The molecule has 3 aliphatic heterocycles. The van der Waals surface area contributed by atoms with E-state index in [-0.39, 0.29) is 36.3 Å². The molecule has 4 bridgehead atoms. The maximum atomic E-state index is 14.6. The average Bonchev–Trinajstić information content (AvgIpc) is 3.46. The summed E-state index contributed by atoms with van der Waals surface area (Å²) in [7, 11) is 0. The second-order valence-corrected chi connectivity index (χ2v) is 16.3. The van der Waals surface area contributed by atoms with Crippen LogP contribution in [-0.2, 0) is 44.7 Å². The van der Waals surface area contributed by atoms with Crippen molar-refractivity contribution >= 4 is 34.8 Å². The molecule has 12 nitrogen and oxygen atoms in total. The summed E-state index contributed by atoms with van der Waals surface area (Å²) in [5, 5.41) is 0.526. The number of esters is 4.